The van der Waals surface area contributed by atoms with Crippen molar-refractivity contribution in [3.8, 4) is 11.5 Å². The second-order valence-electron chi connectivity index (χ2n) is 4.62. The maximum Gasteiger partial charge on any atom is 0.166 e. The smallest absolute Gasteiger partial charge is 0.166 e. The minimum atomic E-state index is -0.449. The molecule has 0 aromatic heterocycles. The van der Waals surface area contributed by atoms with Crippen LogP contribution < -0.4 is 10.5 Å². The van der Waals surface area contributed by atoms with Crippen LogP contribution in [0.25, 0.3) is 0 Å². The predicted octanol–water partition coefficient (Wildman–Crippen LogP) is 4.92. The summed E-state index contributed by atoms with van der Waals surface area (Å²) in [6.07, 6.45) is 0.729. The molecule has 0 aliphatic rings. The molecule has 0 spiro atoms. The van der Waals surface area contributed by atoms with Crippen LogP contribution in [0.2, 0.25) is 5.02 Å². The summed E-state index contributed by atoms with van der Waals surface area (Å²) in [5.41, 5.74) is 6.76. The van der Waals surface area contributed by atoms with Crippen LogP contribution in [0, 0.1) is 5.82 Å². The number of benzene rings is 2. The molecule has 5 heteroatoms. The Morgan fingerprint density at radius 3 is 2.55 bits per heavy atom. The average molecular weight is 359 g/mol. The number of hydrogen-bond donors (Lipinski definition) is 1. The Bertz CT molecular complexity index is 619. The molecule has 2 aromatic carbocycles. The van der Waals surface area contributed by atoms with E-state index >= 15 is 0 Å². The minimum Gasteiger partial charge on any atom is -0.453 e. The van der Waals surface area contributed by atoms with Crippen molar-refractivity contribution < 1.29 is 9.13 Å². The van der Waals surface area contributed by atoms with Crippen LogP contribution >= 0.6 is 27.5 Å². The average Bonchev–Trinajstić information content (AvgIpc) is 2.34. The Morgan fingerprint density at radius 2 is 1.95 bits per heavy atom. The van der Waals surface area contributed by atoms with E-state index in [0.717, 1.165) is 12.0 Å². The summed E-state index contributed by atoms with van der Waals surface area (Å²) in [6, 6.07) is 10.0. The lowest BCUT2D eigenvalue weighted by molar-refractivity contribution is 0.442. The molecule has 0 heterocycles. The van der Waals surface area contributed by atoms with Gasteiger partial charge in [-0.2, -0.15) is 0 Å². The zero-order valence-electron chi connectivity index (χ0n) is 10.9. The zero-order valence-corrected chi connectivity index (χ0v) is 13.2. The maximum atomic E-state index is 13.7. The van der Waals surface area contributed by atoms with E-state index in [0.29, 0.717) is 15.2 Å². The topological polar surface area (TPSA) is 35.2 Å². The van der Waals surface area contributed by atoms with Crippen molar-refractivity contribution in [1.29, 1.82) is 0 Å². The highest BCUT2D eigenvalue weighted by Gasteiger charge is 2.09. The van der Waals surface area contributed by atoms with E-state index in [1.807, 2.05) is 13.0 Å². The van der Waals surface area contributed by atoms with Gasteiger partial charge in [-0.05, 0) is 49.2 Å². The van der Waals surface area contributed by atoms with Gasteiger partial charge in [0, 0.05) is 10.5 Å². The molecule has 0 bridgehead atoms. The summed E-state index contributed by atoms with van der Waals surface area (Å²) < 4.78 is 19.9. The number of halogens is 3. The summed E-state index contributed by atoms with van der Waals surface area (Å²) in [5.74, 6) is 0.103. The molecule has 20 heavy (non-hydrogen) atoms. The van der Waals surface area contributed by atoms with Crippen molar-refractivity contribution in [1.82, 2.24) is 0 Å². The normalized spacial score (nSPS) is 12.2. The van der Waals surface area contributed by atoms with Gasteiger partial charge in [-0.1, -0.05) is 33.6 Å². The highest BCUT2D eigenvalue weighted by Crippen LogP contribution is 2.32. The lowest BCUT2D eigenvalue weighted by atomic mass is 10.1. The first-order valence-electron chi connectivity index (χ1n) is 6.12. The number of ether oxygens (including phenoxy) is 1. The number of nitrogens with two attached hydrogens (primary N) is 1. The maximum absolute atomic E-state index is 13.7. The summed E-state index contributed by atoms with van der Waals surface area (Å²) in [7, 11) is 0. The Morgan fingerprint density at radius 1 is 1.25 bits per heavy atom. The first-order valence-corrected chi connectivity index (χ1v) is 7.29. The molecule has 0 amide bonds. The third kappa shape index (κ3) is 3.95. The van der Waals surface area contributed by atoms with E-state index in [2.05, 4.69) is 15.9 Å². The Labute approximate surface area is 130 Å². The number of hydrogen-bond acceptors (Lipinski definition) is 2. The Kier molecular flexibility index (Phi) is 5.02. The summed E-state index contributed by atoms with van der Waals surface area (Å²) in [6.45, 7) is 1.93. The van der Waals surface area contributed by atoms with Crippen molar-refractivity contribution in [3.05, 3.63) is 57.3 Å². The van der Waals surface area contributed by atoms with Gasteiger partial charge in [0.15, 0.2) is 11.6 Å². The standard InChI is InChI=1S/C15H14BrClFNO/c1-9(19)6-10-2-4-14(12(17)7-10)20-15-5-3-11(16)8-13(15)18/h2-5,7-9H,6,19H2,1H3. The molecule has 1 unspecified atom stereocenters. The molecule has 2 nitrogen and oxygen atoms in total. The highest BCUT2D eigenvalue weighted by atomic mass is 79.9. The summed E-state index contributed by atoms with van der Waals surface area (Å²) in [4.78, 5) is 0. The van der Waals surface area contributed by atoms with Crippen LogP contribution in [0.4, 0.5) is 4.39 Å². The SMILES string of the molecule is CC(N)Cc1ccc(Oc2ccc(Br)cc2F)c(Cl)c1. The van der Waals surface area contributed by atoms with Crippen LogP contribution in [0.15, 0.2) is 40.9 Å². The van der Waals surface area contributed by atoms with Gasteiger partial charge in [-0.25, -0.2) is 4.39 Å². The van der Waals surface area contributed by atoms with Crippen molar-refractivity contribution in [2.24, 2.45) is 5.73 Å². The van der Waals surface area contributed by atoms with Crippen LogP contribution in [-0.4, -0.2) is 6.04 Å². The van der Waals surface area contributed by atoms with Gasteiger partial charge < -0.3 is 10.5 Å². The molecular formula is C15H14BrClFNO. The molecular weight excluding hydrogens is 345 g/mol. The molecule has 1 atom stereocenters. The fourth-order valence-electron chi connectivity index (χ4n) is 1.80. The quantitative estimate of drug-likeness (QED) is 0.841. The van der Waals surface area contributed by atoms with Gasteiger partial charge in [0.2, 0.25) is 0 Å². The summed E-state index contributed by atoms with van der Waals surface area (Å²) >= 11 is 9.34. The van der Waals surface area contributed by atoms with Crippen LogP contribution in [0.5, 0.6) is 11.5 Å². The van der Waals surface area contributed by atoms with E-state index < -0.39 is 5.82 Å². The second kappa shape index (κ2) is 6.57. The number of rotatable bonds is 4. The van der Waals surface area contributed by atoms with Crippen LogP contribution in [-0.2, 0) is 6.42 Å². The zero-order chi connectivity index (χ0) is 14.7. The van der Waals surface area contributed by atoms with Crippen LogP contribution in [0.1, 0.15) is 12.5 Å². The van der Waals surface area contributed by atoms with Crippen molar-refractivity contribution in [3.63, 3.8) is 0 Å². The van der Waals surface area contributed by atoms with Crippen molar-refractivity contribution in [2.45, 2.75) is 19.4 Å². The summed E-state index contributed by atoms with van der Waals surface area (Å²) in [5, 5.41) is 0.436. The van der Waals surface area contributed by atoms with E-state index in [1.54, 1.807) is 24.3 Å². The van der Waals surface area contributed by atoms with Gasteiger partial charge in [0.05, 0.1) is 5.02 Å². The first-order chi connectivity index (χ1) is 9.45. The lowest BCUT2D eigenvalue weighted by Gasteiger charge is -2.11. The van der Waals surface area contributed by atoms with Gasteiger partial charge in [-0.15, -0.1) is 0 Å². The molecule has 2 N–H and O–H groups in total. The predicted molar refractivity (Wildman–Crippen MR) is 83.0 cm³/mol. The molecule has 0 aliphatic carbocycles. The Balaban J connectivity index is 2.21. The molecule has 0 radical (unpaired) electrons. The van der Waals surface area contributed by atoms with Gasteiger partial charge >= 0.3 is 0 Å². The fourth-order valence-corrected chi connectivity index (χ4v) is 2.38. The van der Waals surface area contributed by atoms with Crippen molar-refractivity contribution in [2.75, 3.05) is 0 Å². The highest BCUT2D eigenvalue weighted by molar-refractivity contribution is 9.10. The van der Waals surface area contributed by atoms with E-state index in [1.165, 1.54) is 6.07 Å². The van der Waals surface area contributed by atoms with E-state index in [-0.39, 0.29) is 11.8 Å². The molecule has 0 aliphatic heterocycles. The van der Waals surface area contributed by atoms with Gasteiger partial charge in [-0.3, -0.25) is 0 Å². The van der Waals surface area contributed by atoms with Crippen molar-refractivity contribution >= 4 is 27.5 Å². The molecule has 2 rings (SSSR count). The third-order valence-electron chi connectivity index (χ3n) is 2.67. The second-order valence-corrected chi connectivity index (χ2v) is 5.95. The molecule has 0 saturated heterocycles. The molecule has 0 fully saturated rings. The Hall–Kier alpha value is -1.10. The molecule has 106 valence electrons. The van der Waals surface area contributed by atoms with E-state index in [9.17, 15) is 4.39 Å². The fraction of sp³-hybridized carbons (Fsp3) is 0.200. The minimum absolute atomic E-state index is 0.0572. The van der Waals surface area contributed by atoms with Crippen LogP contribution in [0.3, 0.4) is 0 Å². The lowest BCUT2D eigenvalue weighted by Crippen LogP contribution is -2.17. The van der Waals surface area contributed by atoms with E-state index in [4.69, 9.17) is 22.1 Å². The largest absolute Gasteiger partial charge is 0.453 e. The molecule has 2 aromatic rings. The first kappa shape index (κ1) is 15.3. The monoisotopic (exact) mass is 357 g/mol. The van der Waals surface area contributed by atoms with Gasteiger partial charge in [0.25, 0.3) is 0 Å². The molecule has 0 saturated carbocycles. The van der Waals surface area contributed by atoms with Gasteiger partial charge in [0.1, 0.15) is 5.75 Å². The third-order valence-corrected chi connectivity index (χ3v) is 3.46.